The van der Waals surface area contributed by atoms with Crippen LogP contribution >= 0.6 is 0 Å². The topological polar surface area (TPSA) is 78.9 Å². The maximum Gasteiger partial charge on any atom is 0.306 e. The quantitative estimate of drug-likeness (QED) is 0.0265. The van der Waals surface area contributed by atoms with Gasteiger partial charge < -0.3 is 14.2 Å². The van der Waals surface area contributed by atoms with Crippen molar-refractivity contribution in [3.8, 4) is 0 Å². The lowest BCUT2D eigenvalue weighted by atomic mass is 10.1. The Morgan fingerprint density at radius 1 is 0.356 bits per heavy atom. The summed E-state index contributed by atoms with van der Waals surface area (Å²) in [6.45, 7) is 6.37. The van der Waals surface area contributed by atoms with Crippen LogP contribution in [-0.2, 0) is 28.6 Å². The van der Waals surface area contributed by atoms with Gasteiger partial charge in [-0.05, 0) is 83.5 Å². The molecular formula is C53H86O6. The third kappa shape index (κ3) is 45.3. The highest BCUT2D eigenvalue weighted by Crippen LogP contribution is 2.12. The zero-order valence-electron chi connectivity index (χ0n) is 38.0. The highest BCUT2D eigenvalue weighted by Gasteiger charge is 2.19. The molecule has 0 aliphatic heterocycles. The predicted molar refractivity (Wildman–Crippen MR) is 251 cm³/mol. The summed E-state index contributed by atoms with van der Waals surface area (Å²) in [7, 11) is 0. The van der Waals surface area contributed by atoms with Crippen molar-refractivity contribution >= 4 is 17.9 Å². The highest BCUT2D eigenvalue weighted by atomic mass is 16.6. The molecule has 0 rings (SSSR count). The summed E-state index contributed by atoms with van der Waals surface area (Å²) in [5.41, 5.74) is 0. The zero-order valence-corrected chi connectivity index (χ0v) is 38.0. The minimum absolute atomic E-state index is 0.0913. The average molecular weight is 819 g/mol. The third-order valence-corrected chi connectivity index (χ3v) is 9.60. The molecule has 0 radical (unpaired) electrons. The molecule has 334 valence electrons. The number of rotatable bonds is 41. The van der Waals surface area contributed by atoms with Crippen LogP contribution in [0.2, 0.25) is 0 Å². The Morgan fingerprint density at radius 3 is 1.03 bits per heavy atom. The van der Waals surface area contributed by atoms with E-state index in [2.05, 4.69) is 118 Å². The first-order chi connectivity index (χ1) is 29.0. The van der Waals surface area contributed by atoms with Crippen LogP contribution in [0.4, 0.5) is 0 Å². The SMILES string of the molecule is CC/C=C\C/C=C\C/C=C\C/C=C\C/C=C\C/C=C\C/C=C\C/C=C\CCCCC(=O)OCC(COC(=O)CCCCCCCCC)OC(=O)CCCCCCCCC. The number of carbonyl (C=O) groups is 3. The Bertz CT molecular complexity index is 1220. The van der Waals surface area contributed by atoms with Crippen LogP contribution in [0.1, 0.15) is 201 Å². The van der Waals surface area contributed by atoms with Crippen LogP contribution < -0.4 is 0 Å². The summed E-state index contributed by atoms with van der Waals surface area (Å²) in [5.74, 6) is -0.960. The molecule has 0 aromatic carbocycles. The Balaban J connectivity index is 4.21. The van der Waals surface area contributed by atoms with Gasteiger partial charge >= 0.3 is 17.9 Å². The predicted octanol–water partition coefficient (Wildman–Crippen LogP) is 15.4. The summed E-state index contributed by atoms with van der Waals surface area (Å²) in [4.78, 5) is 37.4. The fourth-order valence-electron chi connectivity index (χ4n) is 6.04. The maximum atomic E-state index is 12.6. The van der Waals surface area contributed by atoms with Crippen LogP contribution in [0, 0.1) is 0 Å². The van der Waals surface area contributed by atoms with E-state index in [0.717, 1.165) is 109 Å². The first-order valence-electron chi connectivity index (χ1n) is 23.7. The molecule has 0 amide bonds. The molecule has 0 aromatic rings. The number of hydrogen-bond acceptors (Lipinski definition) is 6. The number of ether oxygens (including phenoxy) is 3. The molecule has 0 saturated carbocycles. The van der Waals surface area contributed by atoms with Gasteiger partial charge in [-0.25, -0.2) is 0 Å². The first kappa shape index (κ1) is 55.3. The van der Waals surface area contributed by atoms with Crippen molar-refractivity contribution in [3.63, 3.8) is 0 Å². The van der Waals surface area contributed by atoms with Crippen LogP contribution in [0.15, 0.2) is 97.2 Å². The van der Waals surface area contributed by atoms with E-state index in [1.165, 1.54) is 51.4 Å². The van der Waals surface area contributed by atoms with E-state index in [-0.39, 0.29) is 31.1 Å². The Labute approximate surface area is 362 Å². The lowest BCUT2D eigenvalue weighted by Gasteiger charge is -2.18. The summed E-state index contributed by atoms with van der Waals surface area (Å²) >= 11 is 0. The van der Waals surface area contributed by atoms with E-state index in [1.807, 2.05) is 0 Å². The minimum Gasteiger partial charge on any atom is -0.462 e. The molecular weight excluding hydrogens is 733 g/mol. The summed E-state index contributed by atoms with van der Waals surface area (Å²) < 4.78 is 16.5. The molecule has 0 aromatic heterocycles. The van der Waals surface area contributed by atoms with Crippen LogP contribution in [0.25, 0.3) is 0 Å². The van der Waals surface area contributed by atoms with Crippen molar-refractivity contribution in [3.05, 3.63) is 97.2 Å². The van der Waals surface area contributed by atoms with Gasteiger partial charge in [-0.2, -0.15) is 0 Å². The van der Waals surface area contributed by atoms with Crippen LogP contribution in [0.3, 0.4) is 0 Å². The zero-order chi connectivity index (χ0) is 43.0. The second-order valence-electron chi connectivity index (χ2n) is 15.3. The molecule has 59 heavy (non-hydrogen) atoms. The van der Waals surface area contributed by atoms with E-state index in [0.29, 0.717) is 19.3 Å². The molecule has 0 aliphatic rings. The van der Waals surface area contributed by atoms with Crippen LogP contribution in [-0.4, -0.2) is 37.2 Å². The molecule has 0 saturated heterocycles. The van der Waals surface area contributed by atoms with Gasteiger partial charge in [0.05, 0.1) is 0 Å². The molecule has 6 nitrogen and oxygen atoms in total. The molecule has 0 fully saturated rings. The highest BCUT2D eigenvalue weighted by molar-refractivity contribution is 5.71. The van der Waals surface area contributed by atoms with Crippen molar-refractivity contribution in [1.82, 2.24) is 0 Å². The average Bonchev–Trinajstić information content (AvgIpc) is 3.23. The van der Waals surface area contributed by atoms with Gasteiger partial charge in [-0.3, -0.25) is 14.4 Å². The summed E-state index contributed by atoms with van der Waals surface area (Å²) in [6, 6.07) is 0. The third-order valence-electron chi connectivity index (χ3n) is 9.60. The van der Waals surface area contributed by atoms with Gasteiger partial charge in [-0.1, -0.05) is 195 Å². The lowest BCUT2D eigenvalue weighted by molar-refractivity contribution is -0.167. The van der Waals surface area contributed by atoms with E-state index in [9.17, 15) is 14.4 Å². The molecule has 0 N–H and O–H groups in total. The second-order valence-corrected chi connectivity index (χ2v) is 15.3. The standard InChI is InChI=1S/C53H86O6/c1-4-7-10-13-16-17-18-19-20-21-22-23-24-25-26-27-28-29-30-31-32-33-34-35-38-40-43-46-52(55)58-49-50(59-53(56)47-44-41-37-15-12-9-6-3)48-57-51(54)45-42-39-36-14-11-8-5-2/h7,10,16-17,19-20,22-23,25-26,28-29,31-32,34-35,50H,4-6,8-9,11-15,18,21,24,27,30,33,36-49H2,1-3H3/b10-7-,17-16-,20-19-,23-22-,26-25-,29-28-,32-31-,35-34-. The van der Waals surface area contributed by atoms with Gasteiger partial charge in [0, 0.05) is 19.3 Å². The minimum atomic E-state index is -0.788. The molecule has 1 unspecified atom stereocenters. The number of carbonyl (C=O) groups excluding carboxylic acids is 3. The molecule has 0 aliphatic carbocycles. The fraction of sp³-hybridized carbons (Fsp3) is 0.642. The molecule has 0 heterocycles. The lowest BCUT2D eigenvalue weighted by Crippen LogP contribution is -2.30. The van der Waals surface area contributed by atoms with Crippen molar-refractivity contribution in [2.75, 3.05) is 13.2 Å². The van der Waals surface area contributed by atoms with Gasteiger partial charge in [0.15, 0.2) is 6.10 Å². The largest absolute Gasteiger partial charge is 0.462 e. The van der Waals surface area contributed by atoms with Crippen LogP contribution in [0.5, 0.6) is 0 Å². The van der Waals surface area contributed by atoms with E-state index in [1.54, 1.807) is 0 Å². The van der Waals surface area contributed by atoms with E-state index >= 15 is 0 Å². The van der Waals surface area contributed by atoms with Gasteiger partial charge in [0.2, 0.25) is 0 Å². The fourth-order valence-corrected chi connectivity index (χ4v) is 6.04. The smallest absolute Gasteiger partial charge is 0.306 e. The first-order valence-corrected chi connectivity index (χ1v) is 23.7. The number of hydrogen-bond donors (Lipinski definition) is 0. The van der Waals surface area contributed by atoms with Gasteiger partial charge in [0.25, 0.3) is 0 Å². The molecule has 0 spiro atoms. The van der Waals surface area contributed by atoms with Gasteiger partial charge in [-0.15, -0.1) is 0 Å². The number of esters is 3. The van der Waals surface area contributed by atoms with E-state index < -0.39 is 6.10 Å². The molecule has 0 bridgehead atoms. The summed E-state index contributed by atoms with van der Waals surface area (Å²) in [6.07, 6.45) is 61.4. The Kier molecular flexibility index (Phi) is 44.1. The number of unbranched alkanes of at least 4 members (excludes halogenated alkanes) is 14. The molecule has 1 atom stereocenters. The van der Waals surface area contributed by atoms with E-state index in [4.69, 9.17) is 14.2 Å². The summed E-state index contributed by atoms with van der Waals surface area (Å²) in [5, 5.41) is 0. The van der Waals surface area contributed by atoms with Crippen molar-refractivity contribution in [1.29, 1.82) is 0 Å². The Morgan fingerprint density at radius 2 is 0.661 bits per heavy atom. The van der Waals surface area contributed by atoms with Crippen molar-refractivity contribution in [2.24, 2.45) is 0 Å². The normalized spacial score (nSPS) is 12.9. The Hall–Kier alpha value is -3.67. The molecule has 6 heteroatoms. The van der Waals surface area contributed by atoms with Gasteiger partial charge in [0.1, 0.15) is 13.2 Å². The number of allylic oxidation sites excluding steroid dienone is 16. The maximum absolute atomic E-state index is 12.6. The monoisotopic (exact) mass is 819 g/mol. The second kappa shape index (κ2) is 47.0. The van der Waals surface area contributed by atoms with Crippen molar-refractivity contribution in [2.45, 2.75) is 207 Å². The van der Waals surface area contributed by atoms with Crippen molar-refractivity contribution < 1.29 is 28.6 Å².